The summed E-state index contributed by atoms with van der Waals surface area (Å²) < 4.78 is 11.0. The van der Waals surface area contributed by atoms with Crippen LogP contribution in [0.2, 0.25) is 0 Å². The number of hydrogen-bond donors (Lipinski definition) is 1. The summed E-state index contributed by atoms with van der Waals surface area (Å²) in [6.45, 7) is 1.16. The van der Waals surface area contributed by atoms with Gasteiger partial charge in [-0.15, -0.1) is 0 Å². The van der Waals surface area contributed by atoms with Gasteiger partial charge in [0.1, 0.15) is 0 Å². The van der Waals surface area contributed by atoms with E-state index < -0.39 is 6.09 Å². The number of methoxy groups -OCH3 is 1. The van der Waals surface area contributed by atoms with E-state index in [2.05, 4.69) is 9.84 Å². The number of amides is 1. The molecule has 6 heteroatoms. The number of carbonyl (C=O) groups excluding carboxylic acids is 1. The SMILES string of the molecule is COCCn1cc(OC(N)=O)cn1. The maximum atomic E-state index is 10.3. The molecule has 1 amide bonds. The van der Waals surface area contributed by atoms with Gasteiger partial charge in [-0.05, 0) is 0 Å². The van der Waals surface area contributed by atoms with Crippen LogP contribution in [0.4, 0.5) is 4.79 Å². The number of primary amides is 1. The molecule has 1 aromatic rings. The average molecular weight is 185 g/mol. The molecule has 1 heterocycles. The molecule has 0 unspecified atom stereocenters. The molecule has 0 aliphatic heterocycles. The minimum Gasteiger partial charge on any atom is -0.407 e. The molecular weight excluding hydrogens is 174 g/mol. The molecule has 72 valence electrons. The lowest BCUT2D eigenvalue weighted by molar-refractivity contribution is 0.183. The Labute approximate surface area is 75.2 Å². The van der Waals surface area contributed by atoms with Gasteiger partial charge < -0.3 is 15.2 Å². The third kappa shape index (κ3) is 3.12. The van der Waals surface area contributed by atoms with Crippen LogP contribution in [-0.4, -0.2) is 29.6 Å². The van der Waals surface area contributed by atoms with Gasteiger partial charge in [-0.3, -0.25) is 4.68 Å². The molecular formula is C7H11N3O3. The van der Waals surface area contributed by atoms with Gasteiger partial charge in [0.2, 0.25) is 0 Å². The summed E-state index contributed by atoms with van der Waals surface area (Å²) in [5, 5.41) is 3.91. The van der Waals surface area contributed by atoms with Crippen molar-refractivity contribution in [1.82, 2.24) is 9.78 Å². The second kappa shape index (κ2) is 4.46. The Hall–Kier alpha value is -1.56. The van der Waals surface area contributed by atoms with Crippen molar-refractivity contribution >= 4 is 6.09 Å². The molecule has 13 heavy (non-hydrogen) atoms. The fourth-order valence-electron chi connectivity index (χ4n) is 0.821. The van der Waals surface area contributed by atoms with Gasteiger partial charge in [0.05, 0.1) is 25.5 Å². The van der Waals surface area contributed by atoms with Crippen LogP contribution in [-0.2, 0) is 11.3 Å². The average Bonchev–Trinajstić information content (AvgIpc) is 2.48. The minimum absolute atomic E-state index is 0.337. The molecule has 0 atom stereocenters. The smallest absolute Gasteiger partial charge is 0.407 e. The van der Waals surface area contributed by atoms with Crippen LogP contribution in [0.25, 0.3) is 0 Å². The predicted molar refractivity (Wildman–Crippen MR) is 44.3 cm³/mol. The molecule has 1 aromatic heterocycles. The Morgan fingerprint density at radius 1 is 1.77 bits per heavy atom. The topological polar surface area (TPSA) is 79.4 Å². The largest absolute Gasteiger partial charge is 0.410 e. The molecule has 6 nitrogen and oxygen atoms in total. The summed E-state index contributed by atoms with van der Waals surface area (Å²) >= 11 is 0. The molecule has 0 saturated carbocycles. The van der Waals surface area contributed by atoms with E-state index >= 15 is 0 Å². The highest BCUT2D eigenvalue weighted by molar-refractivity contribution is 5.67. The third-order valence-corrected chi connectivity index (χ3v) is 1.35. The minimum atomic E-state index is -0.841. The third-order valence-electron chi connectivity index (χ3n) is 1.35. The predicted octanol–water partition coefficient (Wildman–Crippen LogP) is -0.0130. The second-order valence-electron chi connectivity index (χ2n) is 2.35. The molecule has 0 bridgehead atoms. The number of nitrogens with zero attached hydrogens (tertiary/aromatic N) is 2. The molecule has 0 radical (unpaired) electrons. The van der Waals surface area contributed by atoms with E-state index in [0.717, 1.165) is 0 Å². The first kappa shape index (κ1) is 9.53. The second-order valence-corrected chi connectivity index (χ2v) is 2.35. The molecule has 0 aliphatic carbocycles. The van der Waals surface area contributed by atoms with Crippen molar-refractivity contribution in [3.05, 3.63) is 12.4 Å². The quantitative estimate of drug-likeness (QED) is 0.715. The van der Waals surface area contributed by atoms with Gasteiger partial charge in [-0.1, -0.05) is 0 Å². The molecule has 0 saturated heterocycles. The van der Waals surface area contributed by atoms with Crippen molar-refractivity contribution < 1.29 is 14.3 Å². The monoisotopic (exact) mass is 185 g/mol. The van der Waals surface area contributed by atoms with E-state index in [1.165, 1.54) is 6.20 Å². The first-order valence-electron chi connectivity index (χ1n) is 3.71. The van der Waals surface area contributed by atoms with Crippen LogP contribution >= 0.6 is 0 Å². The van der Waals surface area contributed by atoms with Crippen LogP contribution in [0.15, 0.2) is 12.4 Å². The summed E-state index contributed by atoms with van der Waals surface area (Å²) in [5.74, 6) is 0.337. The number of aromatic nitrogens is 2. The number of hydrogen-bond acceptors (Lipinski definition) is 4. The van der Waals surface area contributed by atoms with Crippen LogP contribution < -0.4 is 10.5 Å². The van der Waals surface area contributed by atoms with Crippen molar-refractivity contribution in [2.45, 2.75) is 6.54 Å². The Morgan fingerprint density at radius 2 is 2.54 bits per heavy atom. The number of carbonyl (C=O) groups is 1. The summed E-state index contributed by atoms with van der Waals surface area (Å²) in [6, 6.07) is 0. The normalized spacial score (nSPS) is 9.92. The first-order valence-corrected chi connectivity index (χ1v) is 3.71. The Morgan fingerprint density at radius 3 is 3.15 bits per heavy atom. The molecule has 2 N–H and O–H groups in total. The lowest BCUT2D eigenvalue weighted by atomic mass is 10.6. The van der Waals surface area contributed by atoms with Crippen molar-refractivity contribution in [1.29, 1.82) is 0 Å². The summed E-state index contributed by atoms with van der Waals surface area (Å²) in [7, 11) is 1.60. The van der Waals surface area contributed by atoms with Crippen LogP contribution in [0.3, 0.4) is 0 Å². The lowest BCUT2D eigenvalue weighted by Crippen LogP contribution is -2.15. The Balaban J connectivity index is 2.48. The zero-order valence-corrected chi connectivity index (χ0v) is 7.27. The van der Waals surface area contributed by atoms with Gasteiger partial charge in [-0.25, -0.2) is 4.79 Å². The Bertz CT molecular complexity index is 284. The molecule has 0 aromatic carbocycles. The fourth-order valence-corrected chi connectivity index (χ4v) is 0.821. The Kier molecular flexibility index (Phi) is 3.27. The molecule has 0 fully saturated rings. The number of nitrogens with two attached hydrogens (primary N) is 1. The van der Waals surface area contributed by atoms with Crippen LogP contribution in [0.5, 0.6) is 5.75 Å². The fraction of sp³-hybridized carbons (Fsp3) is 0.429. The molecule has 1 rings (SSSR count). The van der Waals surface area contributed by atoms with E-state index in [9.17, 15) is 4.79 Å². The van der Waals surface area contributed by atoms with Crippen LogP contribution in [0, 0.1) is 0 Å². The highest BCUT2D eigenvalue weighted by Crippen LogP contribution is 2.07. The van der Waals surface area contributed by atoms with E-state index in [0.29, 0.717) is 18.9 Å². The van der Waals surface area contributed by atoms with E-state index in [1.807, 2.05) is 0 Å². The first-order chi connectivity index (χ1) is 6.22. The number of rotatable bonds is 4. The van der Waals surface area contributed by atoms with E-state index in [1.54, 1.807) is 18.0 Å². The van der Waals surface area contributed by atoms with Gasteiger partial charge in [0.25, 0.3) is 0 Å². The van der Waals surface area contributed by atoms with Gasteiger partial charge >= 0.3 is 6.09 Å². The van der Waals surface area contributed by atoms with Gasteiger partial charge in [-0.2, -0.15) is 5.10 Å². The summed E-state index contributed by atoms with van der Waals surface area (Å²) in [4.78, 5) is 10.3. The van der Waals surface area contributed by atoms with Crippen molar-refractivity contribution in [2.75, 3.05) is 13.7 Å². The van der Waals surface area contributed by atoms with Crippen molar-refractivity contribution in [2.24, 2.45) is 5.73 Å². The number of ether oxygens (including phenoxy) is 2. The van der Waals surface area contributed by atoms with Crippen LogP contribution in [0.1, 0.15) is 0 Å². The van der Waals surface area contributed by atoms with Crippen molar-refractivity contribution in [3.63, 3.8) is 0 Å². The standard InChI is InChI=1S/C7H11N3O3/c1-12-3-2-10-5-6(4-9-10)13-7(8)11/h4-5H,2-3H2,1H3,(H2,8,11). The highest BCUT2D eigenvalue weighted by Gasteiger charge is 2.01. The van der Waals surface area contributed by atoms with Crippen molar-refractivity contribution in [3.8, 4) is 5.75 Å². The zero-order valence-electron chi connectivity index (χ0n) is 7.27. The molecule has 0 aliphatic rings. The maximum Gasteiger partial charge on any atom is 0.410 e. The summed E-state index contributed by atoms with van der Waals surface area (Å²) in [6.07, 6.45) is 2.15. The highest BCUT2D eigenvalue weighted by atomic mass is 16.5. The zero-order chi connectivity index (χ0) is 9.68. The van der Waals surface area contributed by atoms with E-state index in [-0.39, 0.29) is 0 Å². The lowest BCUT2D eigenvalue weighted by Gasteiger charge is -1.98. The summed E-state index contributed by atoms with van der Waals surface area (Å²) in [5.41, 5.74) is 4.81. The van der Waals surface area contributed by atoms with E-state index in [4.69, 9.17) is 10.5 Å². The van der Waals surface area contributed by atoms with Gasteiger partial charge in [0.15, 0.2) is 5.75 Å². The molecule has 0 spiro atoms. The maximum absolute atomic E-state index is 10.3. The van der Waals surface area contributed by atoms with Gasteiger partial charge in [0, 0.05) is 7.11 Å².